The molecule has 2 rings (SSSR count). The van der Waals surface area contributed by atoms with Gasteiger partial charge >= 0.3 is 0 Å². The van der Waals surface area contributed by atoms with Crippen molar-refractivity contribution in [3.05, 3.63) is 59.7 Å². The number of benzene rings is 2. The standard InChI is InChI=1S/C15H14N2S/c1-18-14-8-6-12(7-9-14)11-17-15-5-3-2-4-13(15)10-16/h2-9,17H,11H2,1H3. The summed E-state index contributed by atoms with van der Waals surface area (Å²) >= 11 is 1.73. The predicted molar refractivity (Wildman–Crippen MR) is 76.7 cm³/mol. The first-order valence-electron chi connectivity index (χ1n) is 5.69. The number of rotatable bonds is 4. The van der Waals surface area contributed by atoms with Gasteiger partial charge in [-0.2, -0.15) is 5.26 Å². The van der Waals surface area contributed by atoms with Crippen LogP contribution in [0.15, 0.2) is 53.4 Å². The molecule has 0 unspecified atom stereocenters. The number of nitrogens with zero attached hydrogens (tertiary/aromatic N) is 1. The van der Waals surface area contributed by atoms with Crippen LogP contribution in [-0.2, 0) is 6.54 Å². The van der Waals surface area contributed by atoms with Crippen molar-refractivity contribution in [3.63, 3.8) is 0 Å². The van der Waals surface area contributed by atoms with Crippen molar-refractivity contribution in [2.24, 2.45) is 0 Å². The summed E-state index contributed by atoms with van der Waals surface area (Å²) in [5.74, 6) is 0. The molecule has 90 valence electrons. The molecule has 0 spiro atoms. The second kappa shape index (κ2) is 6.13. The molecule has 0 amide bonds. The lowest BCUT2D eigenvalue weighted by atomic mass is 10.1. The van der Waals surface area contributed by atoms with E-state index in [2.05, 4.69) is 41.9 Å². The Morgan fingerprint density at radius 2 is 1.83 bits per heavy atom. The molecule has 2 aromatic rings. The quantitative estimate of drug-likeness (QED) is 0.841. The lowest BCUT2D eigenvalue weighted by Crippen LogP contribution is -2.00. The molecule has 0 radical (unpaired) electrons. The molecule has 18 heavy (non-hydrogen) atoms. The van der Waals surface area contributed by atoms with Crippen LogP contribution in [0.3, 0.4) is 0 Å². The SMILES string of the molecule is CSc1ccc(CNc2ccccc2C#N)cc1. The van der Waals surface area contributed by atoms with E-state index in [1.54, 1.807) is 11.8 Å². The van der Waals surface area contributed by atoms with E-state index in [4.69, 9.17) is 5.26 Å². The van der Waals surface area contributed by atoms with E-state index in [0.29, 0.717) is 5.56 Å². The molecule has 0 saturated heterocycles. The topological polar surface area (TPSA) is 35.8 Å². The van der Waals surface area contributed by atoms with Gasteiger partial charge in [-0.15, -0.1) is 11.8 Å². The minimum absolute atomic E-state index is 0.679. The second-order valence-corrected chi connectivity index (χ2v) is 4.74. The summed E-state index contributed by atoms with van der Waals surface area (Å²) in [7, 11) is 0. The lowest BCUT2D eigenvalue weighted by molar-refractivity contribution is 1.14. The summed E-state index contributed by atoms with van der Waals surface area (Å²) < 4.78 is 0. The van der Waals surface area contributed by atoms with Gasteiger partial charge in [0.1, 0.15) is 6.07 Å². The normalized spacial score (nSPS) is 9.78. The van der Waals surface area contributed by atoms with Crippen LogP contribution in [0.5, 0.6) is 0 Å². The van der Waals surface area contributed by atoms with E-state index in [0.717, 1.165) is 12.2 Å². The molecule has 0 heterocycles. The van der Waals surface area contributed by atoms with Gasteiger partial charge in [-0.3, -0.25) is 0 Å². The first-order chi connectivity index (χ1) is 8.83. The van der Waals surface area contributed by atoms with Gasteiger partial charge in [-0.25, -0.2) is 0 Å². The Morgan fingerprint density at radius 1 is 1.11 bits per heavy atom. The molecule has 0 aromatic heterocycles. The van der Waals surface area contributed by atoms with Gasteiger partial charge in [-0.05, 0) is 36.1 Å². The van der Waals surface area contributed by atoms with E-state index in [1.165, 1.54) is 10.5 Å². The van der Waals surface area contributed by atoms with Crippen molar-refractivity contribution in [1.29, 1.82) is 5.26 Å². The van der Waals surface area contributed by atoms with Gasteiger partial charge in [0, 0.05) is 11.4 Å². The average molecular weight is 254 g/mol. The van der Waals surface area contributed by atoms with Gasteiger partial charge < -0.3 is 5.32 Å². The molecular formula is C15H14N2S. The monoisotopic (exact) mass is 254 g/mol. The Bertz CT molecular complexity index is 555. The van der Waals surface area contributed by atoms with Crippen molar-refractivity contribution in [1.82, 2.24) is 0 Å². The number of hydrogen-bond donors (Lipinski definition) is 1. The maximum Gasteiger partial charge on any atom is 0.101 e. The highest BCUT2D eigenvalue weighted by atomic mass is 32.2. The van der Waals surface area contributed by atoms with E-state index >= 15 is 0 Å². The van der Waals surface area contributed by atoms with Gasteiger partial charge in [0.25, 0.3) is 0 Å². The number of nitriles is 1. The highest BCUT2D eigenvalue weighted by molar-refractivity contribution is 7.98. The van der Waals surface area contributed by atoms with Crippen molar-refractivity contribution >= 4 is 17.4 Å². The zero-order valence-electron chi connectivity index (χ0n) is 10.2. The maximum atomic E-state index is 8.99. The number of anilines is 1. The first kappa shape index (κ1) is 12.5. The summed E-state index contributed by atoms with van der Waals surface area (Å²) in [6, 6.07) is 18.2. The molecule has 0 aliphatic rings. The van der Waals surface area contributed by atoms with Crippen molar-refractivity contribution < 1.29 is 0 Å². The summed E-state index contributed by atoms with van der Waals surface area (Å²) in [6.45, 7) is 0.730. The van der Waals surface area contributed by atoms with Gasteiger partial charge in [0.05, 0.1) is 11.3 Å². The summed E-state index contributed by atoms with van der Waals surface area (Å²) in [6.07, 6.45) is 2.07. The van der Waals surface area contributed by atoms with Gasteiger partial charge in [-0.1, -0.05) is 24.3 Å². The fraction of sp³-hybridized carbons (Fsp3) is 0.133. The van der Waals surface area contributed by atoms with Crippen molar-refractivity contribution in [2.75, 3.05) is 11.6 Å². The Hall–Kier alpha value is -1.92. The van der Waals surface area contributed by atoms with Crippen LogP contribution >= 0.6 is 11.8 Å². The number of nitrogens with one attached hydrogen (secondary N) is 1. The van der Waals surface area contributed by atoms with Gasteiger partial charge in [0.15, 0.2) is 0 Å². The fourth-order valence-electron chi connectivity index (χ4n) is 1.68. The van der Waals surface area contributed by atoms with E-state index < -0.39 is 0 Å². The van der Waals surface area contributed by atoms with Crippen LogP contribution in [0.1, 0.15) is 11.1 Å². The number of hydrogen-bond acceptors (Lipinski definition) is 3. The maximum absolute atomic E-state index is 8.99. The van der Waals surface area contributed by atoms with Gasteiger partial charge in [0.2, 0.25) is 0 Å². The molecule has 0 aliphatic heterocycles. The third-order valence-electron chi connectivity index (χ3n) is 2.69. The van der Waals surface area contributed by atoms with E-state index in [1.807, 2.05) is 24.3 Å². The molecule has 0 bridgehead atoms. The third-order valence-corrected chi connectivity index (χ3v) is 3.43. The summed E-state index contributed by atoms with van der Waals surface area (Å²) in [5.41, 5.74) is 2.77. The molecule has 0 saturated carbocycles. The van der Waals surface area contributed by atoms with Crippen LogP contribution in [0.25, 0.3) is 0 Å². The highest BCUT2D eigenvalue weighted by Crippen LogP contribution is 2.17. The minimum Gasteiger partial charge on any atom is -0.380 e. The fourth-order valence-corrected chi connectivity index (χ4v) is 2.08. The van der Waals surface area contributed by atoms with Crippen LogP contribution in [0.2, 0.25) is 0 Å². The highest BCUT2D eigenvalue weighted by Gasteiger charge is 2.00. The molecule has 0 atom stereocenters. The molecule has 3 heteroatoms. The van der Waals surface area contributed by atoms with Crippen LogP contribution in [0, 0.1) is 11.3 Å². The third kappa shape index (κ3) is 3.06. The zero-order valence-corrected chi connectivity index (χ0v) is 11.0. The molecular weight excluding hydrogens is 240 g/mol. The summed E-state index contributed by atoms with van der Waals surface area (Å²) in [5, 5.41) is 12.3. The molecule has 2 aromatic carbocycles. The predicted octanol–water partition coefficient (Wildman–Crippen LogP) is 3.89. The van der Waals surface area contributed by atoms with Crippen LogP contribution in [-0.4, -0.2) is 6.26 Å². The smallest absolute Gasteiger partial charge is 0.101 e. The van der Waals surface area contributed by atoms with Crippen molar-refractivity contribution in [2.45, 2.75) is 11.4 Å². The van der Waals surface area contributed by atoms with E-state index in [9.17, 15) is 0 Å². The Morgan fingerprint density at radius 3 is 2.50 bits per heavy atom. The zero-order chi connectivity index (χ0) is 12.8. The second-order valence-electron chi connectivity index (χ2n) is 3.86. The number of para-hydroxylation sites is 1. The first-order valence-corrected chi connectivity index (χ1v) is 6.92. The van der Waals surface area contributed by atoms with E-state index in [-0.39, 0.29) is 0 Å². The van der Waals surface area contributed by atoms with Crippen LogP contribution in [0.4, 0.5) is 5.69 Å². The number of thioether (sulfide) groups is 1. The summed E-state index contributed by atoms with van der Waals surface area (Å²) in [4.78, 5) is 1.26. The van der Waals surface area contributed by atoms with Crippen LogP contribution < -0.4 is 5.32 Å². The largest absolute Gasteiger partial charge is 0.380 e. The molecule has 2 nitrogen and oxygen atoms in total. The molecule has 1 N–H and O–H groups in total. The minimum atomic E-state index is 0.679. The Balaban J connectivity index is 2.05. The Labute approximate surface area is 112 Å². The molecule has 0 fully saturated rings. The van der Waals surface area contributed by atoms with Crippen molar-refractivity contribution in [3.8, 4) is 6.07 Å². The lowest BCUT2D eigenvalue weighted by Gasteiger charge is -2.08. The average Bonchev–Trinajstić information content (AvgIpc) is 2.46. The molecule has 0 aliphatic carbocycles. The Kier molecular flexibility index (Phi) is 4.27.